The Balaban J connectivity index is 3.99. The lowest BCUT2D eigenvalue weighted by Crippen LogP contribution is -2.04. The highest BCUT2D eigenvalue weighted by atomic mass is 15.1. The maximum atomic E-state index is 9.03. The van der Waals surface area contributed by atoms with Crippen molar-refractivity contribution in [3.63, 3.8) is 0 Å². The molecule has 0 spiro atoms. The van der Waals surface area contributed by atoms with E-state index in [1.54, 1.807) is 0 Å². The van der Waals surface area contributed by atoms with Gasteiger partial charge in [0.15, 0.2) is 12.1 Å². The number of nitrogens with zero attached hydrogens (tertiary/aromatic N) is 4. The van der Waals surface area contributed by atoms with E-state index >= 15 is 0 Å². The molecule has 4 nitrogen and oxygen atoms in total. The lowest BCUT2D eigenvalue weighted by Gasteiger charge is -2.05. The Morgan fingerprint density at radius 1 is 0.700 bits per heavy atom. The summed E-state index contributed by atoms with van der Waals surface area (Å²) in [6.07, 6.45) is 10.6. The summed E-state index contributed by atoms with van der Waals surface area (Å²) in [5.41, 5.74) is 0. The molecule has 0 N–H and O–H groups in total. The summed E-state index contributed by atoms with van der Waals surface area (Å²) < 4.78 is 0. The molecule has 20 heavy (non-hydrogen) atoms. The third-order valence-corrected chi connectivity index (χ3v) is 3.31. The zero-order valence-electron chi connectivity index (χ0n) is 13.0. The molecule has 0 rings (SSSR count). The molecule has 112 valence electrons. The van der Waals surface area contributed by atoms with E-state index in [9.17, 15) is 0 Å². The second kappa shape index (κ2) is 14.0. The zero-order chi connectivity index (χ0) is 15.1. The average Bonchev–Trinajstić information content (AvgIpc) is 2.48. The summed E-state index contributed by atoms with van der Waals surface area (Å²) in [5.74, 6) is 0. The monoisotopic (exact) mass is 276 g/mol. The van der Waals surface area contributed by atoms with Crippen LogP contribution in [0, 0.1) is 22.7 Å². The van der Waals surface area contributed by atoms with Crippen LogP contribution in [-0.2, 0) is 0 Å². The molecule has 4 heteroatoms. The van der Waals surface area contributed by atoms with Gasteiger partial charge in [-0.25, -0.2) is 0 Å². The van der Waals surface area contributed by atoms with Crippen LogP contribution in [0.3, 0.4) is 0 Å². The topological polar surface area (TPSA) is 72.3 Å². The first kappa shape index (κ1) is 18.6. The summed E-state index contributed by atoms with van der Waals surface area (Å²) in [5, 5.41) is 26.2. The van der Waals surface area contributed by atoms with E-state index in [4.69, 9.17) is 10.5 Å². The molecule has 0 aromatic heterocycles. The highest BCUT2D eigenvalue weighted by molar-refractivity contribution is 4.92. The predicted molar refractivity (Wildman–Crippen MR) is 81.2 cm³/mol. The fourth-order valence-electron chi connectivity index (χ4n) is 1.99. The SMILES string of the molecule is CCCCCCC(C#N)N=NC(C#N)CCCCCC. The first-order valence-corrected chi connectivity index (χ1v) is 7.97. The molecule has 0 aromatic carbocycles. The molecule has 0 aliphatic carbocycles. The van der Waals surface area contributed by atoms with Crippen LogP contribution >= 0.6 is 0 Å². The summed E-state index contributed by atoms with van der Waals surface area (Å²) in [6, 6.07) is 3.58. The Labute approximate surface area is 123 Å². The minimum atomic E-state index is -0.377. The second-order valence-electron chi connectivity index (χ2n) is 5.22. The van der Waals surface area contributed by atoms with E-state index in [1.165, 1.54) is 25.7 Å². The molecule has 2 atom stereocenters. The van der Waals surface area contributed by atoms with Crippen molar-refractivity contribution in [3.05, 3.63) is 0 Å². The van der Waals surface area contributed by atoms with Crippen molar-refractivity contribution in [2.24, 2.45) is 10.2 Å². The average molecular weight is 276 g/mol. The van der Waals surface area contributed by atoms with E-state index in [0.717, 1.165) is 38.5 Å². The van der Waals surface area contributed by atoms with Gasteiger partial charge in [-0.15, -0.1) is 0 Å². The number of hydrogen-bond acceptors (Lipinski definition) is 4. The van der Waals surface area contributed by atoms with Crippen LogP contribution in [0.1, 0.15) is 78.1 Å². The van der Waals surface area contributed by atoms with Gasteiger partial charge < -0.3 is 0 Å². The molecule has 0 amide bonds. The largest absolute Gasteiger partial charge is 0.196 e. The summed E-state index contributed by atoms with van der Waals surface area (Å²) in [4.78, 5) is 0. The van der Waals surface area contributed by atoms with E-state index in [2.05, 4.69) is 36.2 Å². The molecule has 0 radical (unpaired) electrons. The van der Waals surface area contributed by atoms with Crippen LogP contribution in [0.15, 0.2) is 10.2 Å². The molecular formula is C16H28N4. The van der Waals surface area contributed by atoms with Gasteiger partial charge in [0.1, 0.15) is 0 Å². The molecule has 0 fully saturated rings. The van der Waals surface area contributed by atoms with Crippen LogP contribution < -0.4 is 0 Å². The third-order valence-electron chi connectivity index (χ3n) is 3.31. The Hall–Kier alpha value is -1.42. The Morgan fingerprint density at radius 3 is 1.40 bits per heavy atom. The maximum absolute atomic E-state index is 9.03. The smallest absolute Gasteiger partial charge is 0.157 e. The number of hydrogen-bond donors (Lipinski definition) is 0. The van der Waals surface area contributed by atoms with Crippen LogP contribution in [0.2, 0.25) is 0 Å². The van der Waals surface area contributed by atoms with E-state index in [0.29, 0.717) is 0 Å². The van der Waals surface area contributed by atoms with Gasteiger partial charge in [0.05, 0.1) is 12.1 Å². The van der Waals surface area contributed by atoms with Gasteiger partial charge in [0, 0.05) is 0 Å². The first-order valence-electron chi connectivity index (χ1n) is 7.97. The van der Waals surface area contributed by atoms with Gasteiger partial charge in [-0.3, -0.25) is 0 Å². The maximum Gasteiger partial charge on any atom is 0.157 e. The Morgan fingerprint density at radius 2 is 1.10 bits per heavy atom. The minimum absolute atomic E-state index is 0.377. The van der Waals surface area contributed by atoms with Crippen molar-refractivity contribution < 1.29 is 0 Å². The number of rotatable bonds is 12. The van der Waals surface area contributed by atoms with Crippen LogP contribution in [0.25, 0.3) is 0 Å². The Bertz CT molecular complexity index is 292. The number of unbranched alkanes of at least 4 members (excludes halogenated alkanes) is 6. The van der Waals surface area contributed by atoms with Gasteiger partial charge in [0.25, 0.3) is 0 Å². The summed E-state index contributed by atoms with van der Waals surface area (Å²) in [7, 11) is 0. The predicted octanol–water partition coefficient (Wildman–Crippen LogP) is 5.16. The van der Waals surface area contributed by atoms with Gasteiger partial charge in [-0.2, -0.15) is 20.8 Å². The fraction of sp³-hybridized carbons (Fsp3) is 0.875. The number of nitriles is 2. The molecule has 0 aliphatic heterocycles. The van der Waals surface area contributed by atoms with Gasteiger partial charge in [-0.1, -0.05) is 65.2 Å². The van der Waals surface area contributed by atoms with Crippen LogP contribution in [0.4, 0.5) is 0 Å². The molecule has 2 unspecified atom stereocenters. The lowest BCUT2D eigenvalue weighted by atomic mass is 10.1. The fourth-order valence-corrected chi connectivity index (χ4v) is 1.99. The summed E-state index contributed by atoms with van der Waals surface area (Å²) >= 11 is 0. The van der Waals surface area contributed by atoms with Gasteiger partial charge >= 0.3 is 0 Å². The minimum Gasteiger partial charge on any atom is -0.196 e. The normalized spacial score (nSPS) is 13.8. The third kappa shape index (κ3) is 10.5. The molecule has 0 bridgehead atoms. The van der Waals surface area contributed by atoms with E-state index in [1.807, 2.05) is 0 Å². The van der Waals surface area contributed by atoms with Gasteiger partial charge in [-0.05, 0) is 12.8 Å². The van der Waals surface area contributed by atoms with Crippen molar-refractivity contribution in [1.82, 2.24) is 0 Å². The lowest BCUT2D eigenvalue weighted by molar-refractivity contribution is 0.558. The van der Waals surface area contributed by atoms with Crippen molar-refractivity contribution in [3.8, 4) is 12.1 Å². The van der Waals surface area contributed by atoms with Crippen molar-refractivity contribution in [2.75, 3.05) is 0 Å². The molecule has 0 aromatic rings. The highest BCUT2D eigenvalue weighted by Crippen LogP contribution is 2.11. The molecule has 0 aliphatic rings. The zero-order valence-corrected chi connectivity index (χ0v) is 13.0. The molecule has 0 saturated heterocycles. The van der Waals surface area contributed by atoms with Crippen molar-refractivity contribution in [2.45, 2.75) is 90.1 Å². The molecule has 0 heterocycles. The van der Waals surface area contributed by atoms with Crippen molar-refractivity contribution in [1.29, 1.82) is 10.5 Å². The quantitative estimate of drug-likeness (QED) is 0.364. The standard InChI is InChI=1S/C16H28N4/c1-3-5-7-9-11-15(13-17)19-20-16(14-18)12-10-8-6-4-2/h15-16H,3-12H2,1-2H3. The molecule has 0 saturated carbocycles. The van der Waals surface area contributed by atoms with Gasteiger partial charge in [0.2, 0.25) is 0 Å². The van der Waals surface area contributed by atoms with E-state index < -0.39 is 0 Å². The summed E-state index contributed by atoms with van der Waals surface area (Å²) in [6.45, 7) is 4.33. The highest BCUT2D eigenvalue weighted by Gasteiger charge is 2.08. The first-order chi connectivity index (χ1) is 9.78. The van der Waals surface area contributed by atoms with E-state index in [-0.39, 0.29) is 12.1 Å². The second-order valence-corrected chi connectivity index (χ2v) is 5.22. The van der Waals surface area contributed by atoms with Crippen LogP contribution in [-0.4, -0.2) is 12.1 Å². The van der Waals surface area contributed by atoms with Crippen molar-refractivity contribution >= 4 is 0 Å². The van der Waals surface area contributed by atoms with Crippen LogP contribution in [0.5, 0.6) is 0 Å². The number of azo groups is 1. The molecular weight excluding hydrogens is 248 g/mol. The Kier molecular flexibility index (Phi) is 13.0.